The summed E-state index contributed by atoms with van der Waals surface area (Å²) in [5.41, 5.74) is 0.953. The molecule has 1 aliphatic carbocycles. The minimum Gasteiger partial charge on any atom is -0.490 e. The van der Waals surface area contributed by atoms with E-state index in [1.165, 1.54) is 0 Å². The molecule has 3 unspecified atom stereocenters. The topological polar surface area (TPSA) is 59.9 Å². The second kappa shape index (κ2) is 10.5. The maximum Gasteiger partial charge on any atom is 0.205 e. The van der Waals surface area contributed by atoms with Crippen LogP contribution in [0.25, 0.3) is 0 Å². The molecule has 4 rings (SSSR count). The minimum absolute atomic E-state index is 0.0424. The van der Waals surface area contributed by atoms with Crippen LogP contribution in [0.1, 0.15) is 40.0 Å². The lowest BCUT2D eigenvalue weighted by atomic mass is 9.88. The molecule has 0 N–H and O–H groups in total. The van der Waals surface area contributed by atoms with Crippen molar-refractivity contribution in [2.24, 2.45) is 5.92 Å². The highest BCUT2D eigenvalue weighted by Crippen LogP contribution is 2.52. The maximum absolute atomic E-state index is 13.9. The predicted molar refractivity (Wildman–Crippen MR) is 136 cm³/mol. The Labute approximate surface area is 210 Å². The molecule has 1 spiro atoms. The molecule has 1 aromatic heterocycles. The summed E-state index contributed by atoms with van der Waals surface area (Å²) in [7, 11) is 0. The van der Waals surface area contributed by atoms with E-state index in [1.54, 1.807) is 6.20 Å². The van der Waals surface area contributed by atoms with Crippen LogP contribution < -0.4 is 0 Å². The van der Waals surface area contributed by atoms with Gasteiger partial charge >= 0.3 is 0 Å². The highest BCUT2D eigenvalue weighted by atomic mass is 79.9. The molecule has 0 aromatic carbocycles. The zero-order chi connectivity index (χ0) is 24.3. The number of Topliss-reactive ketones (excluding diaryl/α,β-unsaturated/α-hetero) is 1. The molecule has 6 nitrogen and oxygen atoms in total. The van der Waals surface area contributed by atoms with Crippen molar-refractivity contribution >= 4 is 21.7 Å². The molecular formula is C27H32BrN3O3. The SMILES string of the molecule is C#CC(CC)C(=O)C1=C(OC(C)C)C2(CO2)N(CCCn2ccnc2)C1C1=CC=C(Br)CC=C1. The highest BCUT2D eigenvalue weighted by Gasteiger charge is 2.65. The van der Waals surface area contributed by atoms with Crippen molar-refractivity contribution in [1.29, 1.82) is 0 Å². The summed E-state index contributed by atoms with van der Waals surface area (Å²) in [6, 6.07) is -0.292. The van der Waals surface area contributed by atoms with E-state index in [9.17, 15) is 4.79 Å². The average Bonchev–Trinajstić information content (AvgIpc) is 3.43. The second-order valence-corrected chi connectivity index (χ2v) is 10.1. The number of rotatable bonds is 10. The van der Waals surface area contributed by atoms with Crippen molar-refractivity contribution < 1.29 is 14.3 Å². The van der Waals surface area contributed by atoms with Gasteiger partial charge in [0.15, 0.2) is 11.5 Å². The first kappa shape index (κ1) is 24.7. The molecule has 1 saturated heterocycles. The van der Waals surface area contributed by atoms with Crippen molar-refractivity contribution in [2.75, 3.05) is 13.2 Å². The molecular weight excluding hydrogens is 494 g/mol. The van der Waals surface area contributed by atoms with Gasteiger partial charge in [0, 0.05) is 25.5 Å². The Morgan fingerprint density at radius 3 is 2.82 bits per heavy atom. The number of halogens is 1. The Bertz CT molecular complexity index is 1070. The van der Waals surface area contributed by atoms with Crippen molar-refractivity contribution in [3.05, 3.63) is 64.4 Å². The monoisotopic (exact) mass is 525 g/mol. The Hall–Kier alpha value is -2.40. The summed E-state index contributed by atoms with van der Waals surface area (Å²) in [5, 5.41) is 0. The minimum atomic E-state index is -0.719. The third-order valence-electron chi connectivity index (χ3n) is 6.38. The number of aryl methyl sites for hydroxylation is 1. The van der Waals surface area contributed by atoms with Crippen LogP contribution >= 0.6 is 15.9 Å². The Balaban J connectivity index is 1.77. The van der Waals surface area contributed by atoms with Crippen molar-refractivity contribution in [3.8, 4) is 12.3 Å². The maximum atomic E-state index is 13.9. The third kappa shape index (κ3) is 4.86. The fraction of sp³-hybridized carbons (Fsp3) is 0.481. The largest absolute Gasteiger partial charge is 0.490 e. The van der Waals surface area contributed by atoms with Crippen LogP contribution in [0.4, 0.5) is 0 Å². The van der Waals surface area contributed by atoms with Gasteiger partial charge in [0.1, 0.15) is 6.61 Å². The first-order valence-electron chi connectivity index (χ1n) is 11.9. The van der Waals surface area contributed by atoms with Gasteiger partial charge in [-0.2, -0.15) is 0 Å². The van der Waals surface area contributed by atoms with Crippen LogP contribution in [-0.4, -0.2) is 51.3 Å². The molecule has 3 heterocycles. The quantitative estimate of drug-likeness (QED) is 0.325. The molecule has 7 heteroatoms. The van der Waals surface area contributed by atoms with E-state index in [1.807, 2.05) is 33.3 Å². The summed E-state index contributed by atoms with van der Waals surface area (Å²) in [6.45, 7) is 7.96. The van der Waals surface area contributed by atoms with Gasteiger partial charge in [-0.3, -0.25) is 9.69 Å². The first-order valence-corrected chi connectivity index (χ1v) is 12.7. The summed E-state index contributed by atoms with van der Waals surface area (Å²) in [4.78, 5) is 20.3. The molecule has 0 radical (unpaired) electrons. The van der Waals surface area contributed by atoms with Crippen LogP contribution in [-0.2, 0) is 20.8 Å². The van der Waals surface area contributed by atoms with Gasteiger partial charge in [0.2, 0.25) is 5.72 Å². The van der Waals surface area contributed by atoms with Crippen molar-refractivity contribution in [3.63, 3.8) is 0 Å². The summed E-state index contributed by atoms with van der Waals surface area (Å²) in [5.74, 6) is 2.80. The Morgan fingerprint density at radius 2 is 2.21 bits per heavy atom. The number of imidazole rings is 1. The van der Waals surface area contributed by atoms with Crippen LogP contribution in [0.2, 0.25) is 0 Å². The van der Waals surface area contributed by atoms with Crippen LogP contribution in [0.5, 0.6) is 0 Å². The molecule has 2 aliphatic heterocycles. The smallest absolute Gasteiger partial charge is 0.205 e. The van der Waals surface area contributed by atoms with Crippen LogP contribution in [0, 0.1) is 18.3 Å². The number of carbonyl (C=O) groups excluding carboxylic acids is 1. The van der Waals surface area contributed by atoms with E-state index in [2.05, 4.69) is 60.6 Å². The highest BCUT2D eigenvalue weighted by molar-refractivity contribution is 9.11. The van der Waals surface area contributed by atoms with Gasteiger partial charge < -0.3 is 14.0 Å². The normalized spacial score (nSPS) is 25.2. The molecule has 0 amide bonds. The van der Waals surface area contributed by atoms with Crippen molar-refractivity contribution in [2.45, 2.75) is 64.4 Å². The van der Waals surface area contributed by atoms with E-state index in [0.717, 1.165) is 36.0 Å². The fourth-order valence-electron chi connectivity index (χ4n) is 4.70. The first-order chi connectivity index (χ1) is 16.4. The number of carbonyl (C=O) groups is 1. The number of epoxide rings is 1. The third-order valence-corrected chi connectivity index (χ3v) is 6.97. The summed E-state index contributed by atoms with van der Waals surface area (Å²) < 4.78 is 15.6. The molecule has 34 heavy (non-hydrogen) atoms. The Kier molecular flexibility index (Phi) is 7.61. The number of nitrogens with zero attached hydrogens (tertiary/aromatic N) is 3. The molecule has 180 valence electrons. The second-order valence-electron chi connectivity index (χ2n) is 9.11. The molecule has 1 fully saturated rings. The van der Waals surface area contributed by atoms with Gasteiger partial charge in [-0.25, -0.2) is 4.98 Å². The number of ketones is 1. The number of hydrogen-bond donors (Lipinski definition) is 0. The lowest BCUT2D eigenvalue weighted by Gasteiger charge is -2.31. The number of aromatic nitrogens is 2. The summed E-state index contributed by atoms with van der Waals surface area (Å²) >= 11 is 3.61. The van der Waals surface area contributed by atoms with Crippen molar-refractivity contribution in [1.82, 2.24) is 14.5 Å². The van der Waals surface area contributed by atoms with E-state index in [0.29, 0.717) is 24.4 Å². The van der Waals surface area contributed by atoms with Gasteiger partial charge in [-0.1, -0.05) is 53.1 Å². The van der Waals surface area contributed by atoms with E-state index < -0.39 is 11.6 Å². The average molecular weight is 526 g/mol. The summed E-state index contributed by atoms with van der Waals surface area (Å²) in [6.07, 6.45) is 21.9. The van der Waals surface area contributed by atoms with E-state index >= 15 is 0 Å². The van der Waals surface area contributed by atoms with E-state index in [-0.39, 0.29) is 17.9 Å². The van der Waals surface area contributed by atoms with Crippen LogP contribution in [0.15, 0.2) is 64.4 Å². The molecule has 3 aliphatic rings. The van der Waals surface area contributed by atoms with Gasteiger partial charge in [-0.05, 0) is 43.2 Å². The molecule has 3 atom stereocenters. The van der Waals surface area contributed by atoms with E-state index in [4.69, 9.17) is 15.9 Å². The fourth-order valence-corrected chi connectivity index (χ4v) is 5.02. The van der Waals surface area contributed by atoms with Gasteiger partial charge in [0.25, 0.3) is 0 Å². The van der Waals surface area contributed by atoms with Gasteiger partial charge in [0.05, 0.1) is 30.0 Å². The lowest BCUT2D eigenvalue weighted by Crippen LogP contribution is -2.44. The molecule has 0 bridgehead atoms. The number of allylic oxidation sites excluding steroid dienone is 4. The molecule has 0 saturated carbocycles. The number of ether oxygens (including phenoxy) is 2. The van der Waals surface area contributed by atoms with Crippen LogP contribution in [0.3, 0.4) is 0 Å². The number of terminal acetylenes is 1. The number of hydrogen-bond acceptors (Lipinski definition) is 5. The predicted octanol–water partition coefficient (Wildman–Crippen LogP) is 4.76. The Morgan fingerprint density at radius 1 is 1.41 bits per heavy atom. The zero-order valence-corrected chi connectivity index (χ0v) is 21.6. The standard InChI is InChI=1S/C27H32BrN3O3/c1-5-20(6-2)25(32)23-24(21-9-7-10-22(28)12-11-21)31(15-8-14-30-16-13-29-18-30)27(17-33-27)26(23)34-19(3)4/h1,7,9,11-13,16,18-20,24H,6,8,10,14-15,17H2,2-4H3. The zero-order valence-electron chi connectivity index (χ0n) is 20.0. The lowest BCUT2D eigenvalue weighted by molar-refractivity contribution is -0.118. The molecule has 1 aromatic rings. The van der Waals surface area contributed by atoms with Gasteiger partial charge in [-0.15, -0.1) is 6.42 Å².